The van der Waals surface area contributed by atoms with E-state index < -0.39 is 0 Å². The lowest BCUT2D eigenvalue weighted by molar-refractivity contribution is 0.405. The number of benzene rings is 1. The van der Waals surface area contributed by atoms with Crippen molar-refractivity contribution in [1.29, 1.82) is 0 Å². The molecule has 0 aliphatic carbocycles. The predicted octanol–water partition coefficient (Wildman–Crippen LogP) is 2.95. The molecule has 5 heteroatoms. The Kier molecular flexibility index (Phi) is 9.38. The molecule has 0 aliphatic rings. The molecule has 1 aromatic rings. The van der Waals surface area contributed by atoms with E-state index in [9.17, 15) is 0 Å². The number of nitrogens with one attached hydrogen (secondary N) is 2. The maximum Gasteiger partial charge on any atom is 0.191 e. The van der Waals surface area contributed by atoms with E-state index in [4.69, 9.17) is 4.74 Å². The Morgan fingerprint density at radius 2 is 2.00 bits per heavy atom. The van der Waals surface area contributed by atoms with Gasteiger partial charge in [0, 0.05) is 18.7 Å². The van der Waals surface area contributed by atoms with E-state index >= 15 is 0 Å². The Morgan fingerprint density at radius 1 is 1.32 bits per heavy atom. The van der Waals surface area contributed by atoms with Crippen LogP contribution in [-0.4, -0.2) is 26.2 Å². The number of guanidine groups is 1. The van der Waals surface area contributed by atoms with Gasteiger partial charge in [0.2, 0.25) is 0 Å². The summed E-state index contributed by atoms with van der Waals surface area (Å²) in [6, 6.07) is 8.16. The summed E-state index contributed by atoms with van der Waals surface area (Å²) in [6.07, 6.45) is 0. The molecule has 0 bridgehead atoms. The average Bonchev–Trinajstić information content (AvgIpc) is 2.39. The van der Waals surface area contributed by atoms with Crippen molar-refractivity contribution in [2.75, 3.05) is 20.2 Å². The van der Waals surface area contributed by atoms with E-state index in [1.165, 1.54) is 0 Å². The molecule has 0 saturated carbocycles. The Labute approximate surface area is 133 Å². The smallest absolute Gasteiger partial charge is 0.191 e. The maximum absolute atomic E-state index is 5.37. The second-order valence-corrected chi connectivity index (χ2v) is 3.96. The Morgan fingerprint density at radius 3 is 2.58 bits per heavy atom. The highest BCUT2D eigenvalue weighted by Crippen LogP contribution is 2.23. The number of rotatable bonds is 5. The van der Waals surface area contributed by atoms with Gasteiger partial charge in [0.25, 0.3) is 0 Å². The molecule has 0 heterocycles. The quantitative estimate of drug-likeness (QED) is 0.471. The predicted molar refractivity (Wildman–Crippen MR) is 91.6 cm³/mol. The van der Waals surface area contributed by atoms with Gasteiger partial charge >= 0.3 is 0 Å². The molecule has 0 radical (unpaired) electrons. The van der Waals surface area contributed by atoms with Gasteiger partial charge in [-0.1, -0.05) is 18.2 Å². The van der Waals surface area contributed by atoms with Crippen LogP contribution >= 0.6 is 24.0 Å². The van der Waals surface area contributed by atoms with Crippen molar-refractivity contribution in [3.8, 4) is 5.75 Å². The first-order valence-electron chi connectivity index (χ1n) is 6.40. The maximum atomic E-state index is 5.37. The van der Waals surface area contributed by atoms with Crippen LogP contribution in [0.2, 0.25) is 0 Å². The number of para-hydroxylation sites is 1. The van der Waals surface area contributed by atoms with Crippen molar-refractivity contribution in [3.05, 3.63) is 29.8 Å². The standard InChI is InChI=1S/C14H23N3O.HI/c1-5-15-14(16-6-2)17-11(3)12-9-7-8-10-13(12)18-4;/h7-11H,5-6H2,1-4H3,(H2,15,16,17);1H. The number of aliphatic imine (C=N–C) groups is 1. The van der Waals surface area contributed by atoms with Crippen LogP contribution in [0.4, 0.5) is 0 Å². The molecule has 2 N–H and O–H groups in total. The number of hydrogen-bond acceptors (Lipinski definition) is 2. The fourth-order valence-corrected chi connectivity index (χ4v) is 1.79. The third-order valence-electron chi connectivity index (χ3n) is 2.62. The van der Waals surface area contributed by atoms with Crippen molar-refractivity contribution < 1.29 is 4.74 Å². The molecular formula is C14H24IN3O. The molecule has 1 rings (SSSR count). The topological polar surface area (TPSA) is 45.7 Å². The minimum atomic E-state index is 0. The van der Waals surface area contributed by atoms with Gasteiger partial charge in [0.1, 0.15) is 5.75 Å². The summed E-state index contributed by atoms with van der Waals surface area (Å²) in [4.78, 5) is 4.39. The molecule has 0 amide bonds. The van der Waals surface area contributed by atoms with Crippen molar-refractivity contribution in [1.82, 2.24) is 10.6 Å². The second-order valence-electron chi connectivity index (χ2n) is 3.96. The van der Waals surface area contributed by atoms with Gasteiger partial charge in [-0.3, -0.25) is 4.99 Å². The van der Waals surface area contributed by atoms with Crippen LogP contribution in [-0.2, 0) is 0 Å². The molecule has 108 valence electrons. The van der Waals surface area contributed by atoms with Crippen LogP contribution in [0.5, 0.6) is 5.75 Å². The SMILES string of the molecule is CCN=C(NCC)NC(C)c1ccccc1OC.I. The molecule has 1 unspecified atom stereocenters. The zero-order chi connectivity index (χ0) is 13.4. The van der Waals surface area contributed by atoms with Crippen LogP contribution in [0.3, 0.4) is 0 Å². The summed E-state index contributed by atoms with van der Waals surface area (Å²) >= 11 is 0. The number of nitrogens with zero attached hydrogens (tertiary/aromatic N) is 1. The highest BCUT2D eigenvalue weighted by molar-refractivity contribution is 14.0. The third kappa shape index (κ3) is 5.67. The summed E-state index contributed by atoms with van der Waals surface area (Å²) in [5.74, 6) is 1.73. The summed E-state index contributed by atoms with van der Waals surface area (Å²) in [6.45, 7) is 7.78. The highest BCUT2D eigenvalue weighted by Gasteiger charge is 2.11. The van der Waals surface area contributed by atoms with E-state index in [0.717, 1.165) is 30.4 Å². The molecule has 0 aliphatic heterocycles. The number of ether oxygens (including phenoxy) is 1. The molecule has 4 nitrogen and oxygen atoms in total. The van der Waals surface area contributed by atoms with E-state index in [2.05, 4.69) is 35.5 Å². The van der Waals surface area contributed by atoms with Gasteiger partial charge < -0.3 is 15.4 Å². The van der Waals surface area contributed by atoms with Crippen LogP contribution in [0.25, 0.3) is 0 Å². The first-order chi connectivity index (χ1) is 8.72. The summed E-state index contributed by atoms with van der Waals surface area (Å²) in [7, 11) is 1.69. The lowest BCUT2D eigenvalue weighted by Crippen LogP contribution is -2.38. The minimum Gasteiger partial charge on any atom is -0.496 e. The van der Waals surface area contributed by atoms with Crippen molar-refractivity contribution in [3.63, 3.8) is 0 Å². The van der Waals surface area contributed by atoms with Crippen LogP contribution in [0.15, 0.2) is 29.3 Å². The first-order valence-corrected chi connectivity index (χ1v) is 6.40. The van der Waals surface area contributed by atoms with Gasteiger partial charge in [-0.25, -0.2) is 0 Å². The van der Waals surface area contributed by atoms with Gasteiger partial charge in [-0.05, 0) is 26.8 Å². The Bertz CT molecular complexity index is 396. The molecule has 19 heavy (non-hydrogen) atoms. The summed E-state index contributed by atoms with van der Waals surface area (Å²) in [5.41, 5.74) is 1.13. The van der Waals surface area contributed by atoms with Crippen molar-refractivity contribution in [2.24, 2.45) is 4.99 Å². The monoisotopic (exact) mass is 377 g/mol. The van der Waals surface area contributed by atoms with E-state index in [0.29, 0.717) is 0 Å². The van der Waals surface area contributed by atoms with E-state index in [-0.39, 0.29) is 30.0 Å². The Hall–Kier alpha value is -0.980. The lowest BCUT2D eigenvalue weighted by atomic mass is 10.1. The number of halogens is 1. The van der Waals surface area contributed by atoms with Crippen LogP contribution in [0, 0.1) is 0 Å². The van der Waals surface area contributed by atoms with Crippen molar-refractivity contribution >= 4 is 29.9 Å². The van der Waals surface area contributed by atoms with Crippen LogP contribution in [0.1, 0.15) is 32.4 Å². The van der Waals surface area contributed by atoms with Gasteiger partial charge in [-0.15, -0.1) is 24.0 Å². The minimum absolute atomic E-state index is 0. The molecule has 1 atom stereocenters. The molecule has 1 aromatic carbocycles. The molecule has 0 saturated heterocycles. The normalized spacial score (nSPS) is 12.3. The summed E-state index contributed by atoms with van der Waals surface area (Å²) < 4.78 is 5.37. The molecule has 0 spiro atoms. The fraction of sp³-hybridized carbons (Fsp3) is 0.500. The lowest BCUT2D eigenvalue weighted by Gasteiger charge is -2.19. The van der Waals surface area contributed by atoms with Gasteiger partial charge in [0.05, 0.1) is 13.2 Å². The largest absolute Gasteiger partial charge is 0.496 e. The first kappa shape index (κ1) is 18.0. The highest BCUT2D eigenvalue weighted by atomic mass is 127. The van der Waals surface area contributed by atoms with Gasteiger partial charge in [-0.2, -0.15) is 0 Å². The second kappa shape index (κ2) is 9.89. The number of hydrogen-bond donors (Lipinski definition) is 2. The molecule has 0 aromatic heterocycles. The molecular weight excluding hydrogens is 353 g/mol. The average molecular weight is 377 g/mol. The van der Waals surface area contributed by atoms with E-state index in [1.54, 1.807) is 7.11 Å². The van der Waals surface area contributed by atoms with Crippen molar-refractivity contribution in [2.45, 2.75) is 26.8 Å². The fourth-order valence-electron chi connectivity index (χ4n) is 1.79. The van der Waals surface area contributed by atoms with E-state index in [1.807, 2.05) is 25.1 Å². The molecule has 0 fully saturated rings. The zero-order valence-electron chi connectivity index (χ0n) is 12.1. The Balaban J connectivity index is 0.00000324. The van der Waals surface area contributed by atoms with Gasteiger partial charge in [0.15, 0.2) is 5.96 Å². The number of methoxy groups -OCH3 is 1. The summed E-state index contributed by atoms with van der Waals surface area (Å²) in [5, 5.41) is 6.59. The van der Waals surface area contributed by atoms with Crippen LogP contribution < -0.4 is 15.4 Å². The zero-order valence-corrected chi connectivity index (χ0v) is 14.4. The third-order valence-corrected chi connectivity index (χ3v) is 2.62.